The quantitative estimate of drug-likeness (QED) is 0.339. The van der Waals surface area contributed by atoms with Gasteiger partial charge < -0.3 is 15.0 Å². The molecule has 9 heteroatoms. The molecule has 2 aliphatic heterocycles. The molecule has 41 heavy (non-hydrogen) atoms. The van der Waals surface area contributed by atoms with Crippen LogP contribution < -0.4 is 15.6 Å². The topological polar surface area (TPSA) is 109 Å². The molecule has 0 unspecified atom stereocenters. The molecule has 0 aliphatic carbocycles. The number of nitrogens with one attached hydrogen (secondary N) is 1. The summed E-state index contributed by atoms with van der Waals surface area (Å²) >= 11 is 0. The molecule has 1 N–H and O–H groups in total. The molecule has 0 atom stereocenters. The van der Waals surface area contributed by atoms with Crippen molar-refractivity contribution in [3.05, 3.63) is 94.5 Å². The number of hydrogen-bond donors (Lipinski definition) is 1. The van der Waals surface area contributed by atoms with Gasteiger partial charge >= 0.3 is 0 Å². The van der Waals surface area contributed by atoms with Gasteiger partial charge in [0, 0.05) is 36.8 Å². The first-order chi connectivity index (χ1) is 20.1. The zero-order valence-corrected chi connectivity index (χ0v) is 22.9. The number of rotatable bonds is 9. The van der Waals surface area contributed by atoms with E-state index < -0.39 is 0 Å². The number of nitrogens with zero attached hydrogens (tertiary/aromatic N) is 6. The van der Waals surface area contributed by atoms with Crippen molar-refractivity contribution in [2.75, 3.05) is 39.3 Å². The Labute approximate surface area is 239 Å². The van der Waals surface area contributed by atoms with Gasteiger partial charge in [-0.05, 0) is 67.6 Å². The summed E-state index contributed by atoms with van der Waals surface area (Å²) < 4.78 is 7.48. The first-order valence-corrected chi connectivity index (χ1v) is 14.2. The van der Waals surface area contributed by atoms with Crippen LogP contribution in [-0.2, 0) is 6.54 Å². The van der Waals surface area contributed by atoms with Crippen LogP contribution in [0.3, 0.4) is 0 Å². The fraction of sp³-hybridized carbons (Fsp3) is 0.344. The van der Waals surface area contributed by atoms with Gasteiger partial charge in [-0.3, -0.25) is 4.79 Å². The summed E-state index contributed by atoms with van der Waals surface area (Å²) in [6.45, 7) is 6.83. The Kier molecular flexibility index (Phi) is 8.12. The van der Waals surface area contributed by atoms with Crippen LogP contribution in [0.15, 0.2) is 77.9 Å². The minimum Gasteiger partial charge on any atom is -0.490 e. The molecule has 9 nitrogen and oxygen atoms in total. The molecular formula is C32H33N7O2. The van der Waals surface area contributed by atoms with Crippen LogP contribution in [-0.4, -0.2) is 64.0 Å². The maximum Gasteiger partial charge on any atom is 0.267 e. The molecule has 4 aromatic rings. The highest BCUT2D eigenvalue weighted by molar-refractivity contribution is 5.60. The van der Waals surface area contributed by atoms with Crippen molar-refractivity contribution < 1.29 is 4.74 Å². The Balaban J connectivity index is 1.06. The van der Waals surface area contributed by atoms with Crippen molar-refractivity contribution in [2.45, 2.75) is 19.4 Å². The van der Waals surface area contributed by atoms with Crippen molar-refractivity contribution in [3.8, 4) is 34.5 Å². The predicted molar refractivity (Wildman–Crippen MR) is 156 cm³/mol. The number of nitriles is 1. The number of aromatic nitrogens is 4. The molecule has 2 aromatic carbocycles. The maximum atomic E-state index is 12.6. The number of likely N-dealkylation sites (tertiary alicyclic amines) is 1. The van der Waals surface area contributed by atoms with Crippen LogP contribution in [0.4, 0.5) is 0 Å². The molecule has 4 heterocycles. The third kappa shape index (κ3) is 6.68. The van der Waals surface area contributed by atoms with E-state index in [1.165, 1.54) is 30.1 Å². The normalized spacial score (nSPS) is 16.2. The minimum atomic E-state index is -0.199. The highest BCUT2D eigenvalue weighted by atomic mass is 16.5. The van der Waals surface area contributed by atoms with Crippen molar-refractivity contribution >= 4 is 0 Å². The second kappa shape index (κ2) is 12.4. The van der Waals surface area contributed by atoms with Gasteiger partial charge in [-0.25, -0.2) is 14.6 Å². The number of benzene rings is 2. The Morgan fingerprint density at radius 1 is 0.951 bits per heavy atom. The smallest absolute Gasteiger partial charge is 0.267 e. The summed E-state index contributed by atoms with van der Waals surface area (Å²) in [7, 11) is 0. The van der Waals surface area contributed by atoms with Crippen LogP contribution >= 0.6 is 0 Å². The highest BCUT2D eigenvalue weighted by Crippen LogP contribution is 2.22. The molecule has 6 rings (SSSR count). The van der Waals surface area contributed by atoms with Gasteiger partial charge in [0.25, 0.3) is 5.56 Å². The molecule has 2 fully saturated rings. The third-order valence-electron chi connectivity index (χ3n) is 7.88. The van der Waals surface area contributed by atoms with Gasteiger partial charge in [0.2, 0.25) is 0 Å². The van der Waals surface area contributed by atoms with Gasteiger partial charge in [-0.15, -0.1) is 0 Å². The van der Waals surface area contributed by atoms with E-state index in [0.717, 1.165) is 48.8 Å². The van der Waals surface area contributed by atoms with Crippen LogP contribution in [0.5, 0.6) is 5.75 Å². The average molecular weight is 548 g/mol. The monoisotopic (exact) mass is 547 g/mol. The maximum absolute atomic E-state index is 12.6. The molecule has 0 bridgehead atoms. The summed E-state index contributed by atoms with van der Waals surface area (Å²) in [6.07, 6.45) is 5.80. The number of ether oxygens (including phenoxy) is 1. The molecule has 2 saturated heterocycles. The van der Waals surface area contributed by atoms with Gasteiger partial charge in [0.1, 0.15) is 0 Å². The summed E-state index contributed by atoms with van der Waals surface area (Å²) in [6, 6.07) is 20.3. The molecule has 208 valence electrons. The molecule has 0 radical (unpaired) electrons. The average Bonchev–Trinajstić information content (AvgIpc) is 3.00. The molecule has 2 aliphatic rings. The lowest BCUT2D eigenvalue weighted by molar-refractivity contribution is 0.116. The van der Waals surface area contributed by atoms with Crippen LogP contribution in [0.2, 0.25) is 0 Å². The van der Waals surface area contributed by atoms with Crippen LogP contribution in [0.25, 0.3) is 22.6 Å². The first kappa shape index (κ1) is 26.8. The summed E-state index contributed by atoms with van der Waals surface area (Å²) in [5.74, 6) is 2.67. The molecule has 0 saturated carbocycles. The fourth-order valence-corrected chi connectivity index (χ4v) is 5.38. The van der Waals surface area contributed by atoms with E-state index in [1.807, 2.05) is 36.4 Å². The van der Waals surface area contributed by atoms with Gasteiger partial charge in [0.05, 0.1) is 42.9 Å². The summed E-state index contributed by atoms with van der Waals surface area (Å²) in [5, 5.41) is 17.1. The highest BCUT2D eigenvalue weighted by Gasteiger charge is 2.24. The lowest BCUT2D eigenvalue weighted by Gasteiger charge is -2.37. The predicted octanol–water partition coefficient (Wildman–Crippen LogP) is 3.60. The van der Waals surface area contributed by atoms with E-state index >= 15 is 0 Å². The Bertz CT molecular complexity index is 1580. The Hall–Kier alpha value is -4.39. The largest absolute Gasteiger partial charge is 0.490 e. The fourth-order valence-electron chi connectivity index (χ4n) is 5.38. The first-order valence-electron chi connectivity index (χ1n) is 14.2. The number of piperidine rings is 1. The van der Waals surface area contributed by atoms with E-state index in [0.29, 0.717) is 41.9 Å². The molecule has 2 aromatic heterocycles. The Morgan fingerprint density at radius 2 is 1.73 bits per heavy atom. The zero-order chi connectivity index (χ0) is 28.0. The van der Waals surface area contributed by atoms with E-state index in [2.05, 4.69) is 31.4 Å². The second-order valence-corrected chi connectivity index (χ2v) is 10.9. The minimum absolute atomic E-state index is 0.199. The Morgan fingerprint density at radius 3 is 2.49 bits per heavy atom. The second-order valence-electron chi connectivity index (χ2n) is 10.9. The summed E-state index contributed by atoms with van der Waals surface area (Å²) in [4.78, 5) is 24.3. The van der Waals surface area contributed by atoms with Gasteiger partial charge in [0.15, 0.2) is 11.6 Å². The van der Waals surface area contributed by atoms with Crippen molar-refractivity contribution in [1.29, 1.82) is 5.26 Å². The summed E-state index contributed by atoms with van der Waals surface area (Å²) in [5.41, 5.74) is 3.53. The van der Waals surface area contributed by atoms with Gasteiger partial charge in [-0.2, -0.15) is 10.4 Å². The van der Waals surface area contributed by atoms with Gasteiger partial charge in [-0.1, -0.05) is 30.3 Å². The SMILES string of the molecule is N#Cc1cccc(-c2ccc(=O)n(Cc3cccc(-c4ncc(OCC5CCN(CC6CNC6)CC5)cn4)c3)n2)c1. The van der Waals surface area contributed by atoms with Crippen molar-refractivity contribution in [1.82, 2.24) is 30.0 Å². The van der Waals surface area contributed by atoms with E-state index in [9.17, 15) is 10.1 Å². The third-order valence-corrected chi connectivity index (χ3v) is 7.88. The van der Waals surface area contributed by atoms with E-state index in [1.54, 1.807) is 30.6 Å². The molecular weight excluding hydrogens is 514 g/mol. The van der Waals surface area contributed by atoms with E-state index in [-0.39, 0.29) is 5.56 Å². The standard InChI is InChI=1S/C32H33N7O2/c33-15-24-3-1-5-27(13-24)30-7-8-31(40)39(37-30)21-25-4-2-6-28(14-25)32-35-18-29(19-36-32)41-22-23-9-11-38(12-10-23)20-26-16-34-17-26/h1-8,13-14,18-19,23,26,34H,9-12,16-17,20-22H2. The molecule has 0 spiro atoms. The van der Waals surface area contributed by atoms with Crippen LogP contribution in [0.1, 0.15) is 24.0 Å². The molecule has 0 amide bonds. The van der Waals surface area contributed by atoms with Crippen molar-refractivity contribution in [2.24, 2.45) is 11.8 Å². The van der Waals surface area contributed by atoms with Crippen molar-refractivity contribution in [3.63, 3.8) is 0 Å². The number of hydrogen-bond acceptors (Lipinski definition) is 8. The van der Waals surface area contributed by atoms with E-state index in [4.69, 9.17) is 4.74 Å². The lowest BCUT2D eigenvalue weighted by atomic mass is 9.95. The lowest BCUT2D eigenvalue weighted by Crippen LogP contribution is -2.49. The zero-order valence-electron chi connectivity index (χ0n) is 22.9. The van der Waals surface area contributed by atoms with Crippen LogP contribution in [0, 0.1) is 23.2 Å².